The Labute approximate surface area is 107 Å². The summed E-state index contributed by atoms with van der Waals surface area (Å²) in [4.78, 5) is 16.0. The summed E-state index contributed by atoms with van der Waals surface area (Å²) >= 11 is 5.75. The third-order valence-corrected chi connectivity index (χ3v) is 3.37. The SMILES string of the molecule is CC(C)(N)C(C)(C)C(=O)Nc1ccnc(Cl)c1. The maximum absolute atomic E-state index is 12.1. The standard InChI is InChI=1S/C12H18ClN3O/c1-11(2,12(3,4)14)10(17)16-8-5-6-15-9(13)7-8/h5-7H,14H2,1-4H3,(H,15,16,17). The lowest BCUT2D eigenvalue weighted by atomic mass is 9.74. The fourth-order valence-corrected chi connectivity index (χ4v) is 1.23. The van der Waals surface area contributed by atoms with Gasteiger partial charge in [0.15, 0.2) is 0 Å². The molecule has 0 aliphatic heterocycles. The molecule has 94 valence electrons. The van der Waals surface area contributed by atoms with Crippen LogP contribution in [-0.2, 0) is 4.79 Å². The lowest BCUT2D eigenvalue weighted by Gasteiger charge is -2.36. The van der Waals surface area contributed by atoms with Gasteiger partial charge in [-0.2, -0.15) is 0 Å². The molecule has 0 unspecified atom stereocenters. The van der Waals surface area contributed by atoms with Crippen molar-refractivity contribution >= 4 is 23.2 Å². The molecular weight excluding hydrogens is 238 g/mol. The highest BCUT2D eigenvalue weighted by molar-refractivity contribution is 6.29. The normalized spacial score (nSPS) is 12.4. The highest BCUT2D eigenvalue weighted by Gasteiger charge is 2.40. The van der Waals surface area contributed by atoms with Crippen LogP contribution in [0.1, 0.15) is 27.7 Å². The summed E-state index contributed by atoms with van der Waals surface area (Å²) in [5.74, 6) is -0.146. The number of hydrogen-bond acceptors (Lipinski definition) is 3. The van der Waals surface area contributed by atoms with Crippen LogP contribution >= 0.6 is 11.6 Å². The monoisotopic (exact) mass is 255 g/mol. The molecule has 0 spiro atoms. The number of amides is 1. The molecule has 0 saturated heterocycles. The zero-order chi connectivity index (χ0) is 13.3. The molecule has 0 fully saturated rings. The molecule has 0 bridgehead atoms. The van der Waals surface area contributed by atoms with Gasteiger partial charge < -0.3 is 11.1 Å². The van der Waals surface area contributed by atoms with Crippen molar-refractivity contribution in [2.75, 3.05) is 5.32 Å². The van der Waals surface area contributed by atoms with E-state index in [0.29, 0.717) is 10.8 Å². The van der Waals surface area contributed by atoms with E-state index in [0.717, 1.165) is 0 Å². The maximum atomic E-state index is 12.1. The van der Waals surface area contributed by atoms with E-state index >= 15 is 0 Å². The number of rotatable bonds is 3. The van der Waals surface area contributed by atoms with E-state index in [9.17, 15) is 4.79 Å². The van der Waals surface area contributed by atoms with Crippen molar-refractivity contribution in [3.8, 4) is 0 Å². The highest BCUT2D eigenvalue weighted by atomic mass is 35.5. The Bertz CT molecular complexity index is 424. The van der Waals surface area contributed by atoms with E-state index in [1.807, 2.05) is 27.7 Å². The van der Waals surface area contributed by atoms with E-state index in [1.54, 1.807) is 18.3 Å². The Morgan fingerprint density at radius 2 is 2.00 bits per heavy atom. The van der Waals surface area contributed by atoms with Gasteiger partial charge >= 0.3 is 0 Å². The van der Waals surface area contributed by atoms with Crippen LogP contribution in [0.2, 0.25) is 5.15 Å². The lowest BCUT2D eigenvalue weighted by Crippen LogP contribution is -2.53. The van der Waals surface area contributed by atoms with Gasteiger partial charge in [-0.15, -0.1) is 0 Å². The van der Waals surface area contributed by atoms with Crippen LogP contribution < -0.4 is 11.1 Å². The van der Waals surface area contributed by atoms with Gasteiger partial charge in [0.05, 0.1) is 5.41 Å². The van der Waals surface area contributed by atoms with Crippen LogP contribution in [0.4, 0.5) is 5.69 Å². The number of carbonyl (C=O) groups excluding carboxylic acids is 1. The fourth-order valence-electron chi connectivity index (χ4n) is 1.06. The van der Waals surface area contributed by atoms with Gasteiger partial charge in [-0.3, -0.25) is 4.79 Å². The molecule has 0 aliphatic carbocycles. The van der Waals surface area contributed by atoms with Crippen LogP contribution in [0.25, 0.3) is 0 Å². The second kappa shape index (κ2) is 4.63. The molecule has 5 heteroatoms. The van der Waals surface area contributed by atoms with Crippen LogP contribution in [0.15, 0.2) is 18.3 Å². The predicted octanol–water partition coefficient (Wildman–Crippen LogP) is 2.44. The molecular formula is C12H18ClN3O. The zero-order valence-corrected chi connectivity index (χ0v) is 11.3. The Hall–Kier alpha value is -1.13. The molecule has 17 heavy (non-hydrogen) atoms. The van der Waals surface area contributed by atoms with Crippen molar-refractivity contribution < 1.29 is 4.79 Å². The minimum atomic E-state index is -0.692. The van der Waals surface area contributed by atoms with E-state index < -0.39 is 11.0 Å². The summed E-state index contributed by atoms with van der Waals surface area (Å²) in [5, 5.41) is 3.13. The largest absolute Gasteiger partial charge is 0.325 e. The first-order chi connectivity index (χ1) is 7.64. The maximum Gasteiger partial charge on any atom is 0.231 e. The average molecular weight is 256 g/mol. The predicted molar refractivity (Wildman–Crippen MR) is 69.9 cm³/mol. The number of anilines is 1. The zero-order valence-electron chi connectivity index (χ0n) is 10.5. The number of nitrogens with two attached hydrogens (primary N) is 1. The molecule has 4 nitrogen and oxygen atoms in total. The molecule has 0 atom stereocenters. The number of pyridine rings is 1. The summed E-state index contributed by atoms with van der Waals surface area (Å²) in [7, 11) is 0. The molecule has 1 rings (SSSR count). The van der Waals surface area contributed by atoms with Gasteiger partial charge in [0.1, 0.15) is 5.15 Å². The van der Waals surface area contributed by atoms with Crippen molar-refractivity contribution in [3.63, 3.8) is 0 Å². The minimum Gasteiger partial charge on any atom is -0.325 e. The average Bonchev–Trinajstić information content (AvgIpc) is 2.15. The van der Waals surface area contributed by atoms with Gasteiger partial charge in [0.2, 0.25) is 5.91 Å². The molecule has 3 N–H and O–H groups in total. The number of aromatic nitrogens is 1. The first kappa shape index (κ1) is 13.9. The summed E-state index contributed by atoms with van der Waals surface area (Å²) in [6.07, 6.45) is 1.54. The van der Waals surface area contributed by atoms with E-state index in [1.165, 1.54) is 0 Å². The van der Waals surface area contributed by atoms with E-state index in [-0.39, 0.29) is 5.91 Å². The van der Waals surface area contributed by atoms with Gasteiger partial charge in [-0.25, -0.2) is 4.98 Å². The number of nitrogens with one attached hydrogen (secondary N) is 1. The van der Waals surface area contributed by atoms with Crippen LogP contribution in [0.5, 0.6) is 0 Å². The summed E-state index contributed by atoms with van der Waals surface area (Å²) in [5.41, 5.74) is 5.31. The molecule has 0 aromatic carbocycles. The first-order valence-corrected chi connectivity index (χ1v) is 5.74. The third-order valence-electron chi connectivity index (χ3n) is 3.16. The number of hydrogen-bond donors (Lipinski definition) is 2. The van der Waals surface area contributed by atoms with Crippen LogP contribution in [0.3, 0.4) is 0 Å². The van der Waals surface area contributed by atoms with Gasteiger partial charge in [0, 0.05) is 17.4 Å². The lowest BCUT2D eigenvalue weighted by molar-refractivity contribution is -0.126. The fraction of sp³-hybridized carbons (Fsp3) is 0.500. The molecule has 1 heterocycles. The smallest absolute Gasteiger partial charge is 0.231 e. The highest BCUT2D eigenvalue weighted by Crippen LogP contribution is 2.29. The second-order valence-electron chi connectivity index (χ2n) is 5.17. The number of halogens is 1. The molecule has 0 aliphatic rings. The van der Waals surface area contributed by atoms with Crippen LogP contribution in [0, 0.1) is 5.41 Å². The van der Waals surface area contributed by atoms with Crippen molar-refractivity contribution in [2.45, 2.75) is 33.2 Å². The van der Waals surface area contributed by atoms with Gasteiger partial charge in [-0.05, 0) is 39.8 Å². The topological polar surface area (TPSA) is 68.0 Å². The van der Waals surface area contributed by atoms with E-state index in [4.69, 9.17) is 17.3 Å². The van der Waals surface area contributed by atoms with Crippen molar-refractivity contribution in [1.82, 2.24) is 4.98 Å². The number of nitrogens with zero attached hydrogens (tertiary/aromatic N) is 1. The second-order valence-corrected chi connectivity index (χ2v) is 5.56. The van der Waals surface area contributed by atoms with Crippen molar-refractivity contribution in [3.05, 3.63) is 23.5 Å². The quantitative estimate of drug-likeness (QED) is 0.815. The summed E-state index contributed by atoms with van der Waals surface area (Å²) in [6.45, 7) is 7.27. The molecule has 0 saturated carbocycles. The van der Waals surface area contributed by atoms with Crippen molar-refractivity contribution in [1.29, 1.82) is 0 Å². The van der Waals surface area contributed by atoms with Gasteiger partial charge in [-0.1, -0.05) is 11.6 Å². The number of carbonyl (C=O) groups is 1. The minimum absolute atomic E-state index is 0.146. The molecule has 1 amide bonds. The molecule has 1 aromatic heterocycles. The third kappa shape index (κ3) is 3.17. The van der Waals surface area contributed by atoms with E-state index in [2.05, 4.69) is 10.3 Å². The van der Waals surface area contributed by atoms with Crippen LogP contribution in [-0.4, -0.2) is 16.4 Å². The Kier molecular flexibility index (Phi) is 3.79. The Morgan fingerprint density at radius 1 is 1.41 bits per heavy atom. The Balaban J connectivity index is 2.87. The molecule has 1 aromatic rings. The van der Waals surface area contributed by atoms with Crippen molar-refractivity contribution in [2.24, 2.45) is 11.1 Å². The van der Waals surface area contributed by atoms with Gasteiger partial charge in [0.25, 0.3) is 0 Å². The summed E-state index contributed by atoms with van der Waals surface area (Å²) in [6, 6.07) is 3.28. The first-order valence-electron chi connectivity index (χ1n) is 5.36. The summed E-state index contributed by atoms with van der Waals surface area (Å²) < 4.78 is 0. The Morgan fingerprint density at radius 3 is 2.47 bits per heavy atom. The molecule has 0 radical (unpaired) electrons.